The van der Waals surface area contributed by atoms with Crippen LogP contribution in [0.5, 0.6) is 0 Å². The molecule has 1 unspecified atom stereocenters. The molecule has 1 N–H and O–H groups in total. The molecule has 1 atom stereocenters. The molecule has 2 aromatic rings. The fraction of sp³-hybridized carbons (Fsp3) is 0.474. The maximum atomic E-state index is 12.4. The van der Waals surface area contributed by atoms with Crippen LogP contribution in [-0.2, 0) is 11.3 Å². The Hall–Kier alpha value is -1.94. The van der Waals surface area contributed by atoms with Crippen LogP contribution in [0.25, 0.3) is 10.9 Å². The van der Waals surface area contributed by atoms with E-state index in [1.807, 2.05) is 25.3 Å². The summed E-state index contributed by atoms with van der Waals surface area (Å²) in [6.45, 7) is 7.50. The number of carbonyl (C=O) groups is 1. The number of pyridine rings is 1. The van der Waals surface area contributed by atoms with Gasteiger partial charge in [0.15, 0.2) is 0 Å². The minimum Gasteiger partial charge on any atom is -0.356 e. The molecule has 1 saturated heterocycles. The van der Waals surface area contributed by atoms with Crippen LogP contribution >= 0.6 is 0 Å². The number of hydrogen-bond donors (Lipinski definition) is 1. The van der Waals surface area contributed by atoms with Gasteiger partial charge in [0.05, 0.1) is 10.9 Å². The average Bonchev–Trinajstić information content (AvgIpc) is 2.55. The van der Waals surface area contributed by atoms with E-state index in [-0.39, 0.29) is 11.3 Å². The van der Waals surface area contributed by atoms with E-state index in [4.69, 9.17) is 0 Å². The molecule has 23 heavy (non-hydrogen) atoms. The van der Waals surface area contributed by atoms with Gasteiger partial charge in [-0.25, -0.2) is 0 Å². The molecule has 0 aliphatic carbocycles. The molecule has 0 spiro atoms. The van der Waals surface area contributed by atoms with Gasteiger partial charge in [-0.15, -0.1) is 0 Å². The smallest absolute Gasteiger partial charge is 0.227 e. The number of piperidine rings is 1. The van der Waals surface area contributed by atoms with Gasteiger partial charge in [-0.05, 0) is 50.9 Å². The molecule has 1 aromatic carbocycles. The van der Waals surface area contributed by atoms with Gasteiger partial charge in [-0.1, -0.05) is 18.2 Å². The number of rotatable bonds is 4. The summed E-state index contributed by atoms with van der Waals surface area (Å²) < 4.78 is 0. The third kappa shape index (κ3) is 3.37. The van der Waals surface area contributed by atoms with Crippen LogP contribution in [-0.4, -0.2) is 35.4 Å². The molecule has 1 aromatic heterocycles. The van der Waals surface area contributed by atoms with Gasteiger partial charge in [0, 0.05) is 31.2 Å². The maximum Gasteiger partial charge on any atom is 0.227 e. The van der Waals surface area contributed by atoms with Crippen molar-refractivity contribution >= 4 is 16.8 Å². The summed E-state index contributed by atoms with van der Waals surface area (Å²) in [4.78, 5) is 19.2. The predicted octanol–water partition coefficient (Wildman–Crippen LogP) is 2.97. The van der Waals surface area contributed by atoms with Crippen molar-refractivity contribution in [2.75, 3.05) is 19.6 Å². The third-order valence-electron chi connectivity index (χ3n) is 4.79. The lowest BCUT2D eigenvalue weighted by atomic mass is 9.80. The summed E-state index contributed by atoms with van der Waals surface area (Å²) >= 11 is 0. The molecule has 0 radical (unpaired) electrons. The van der Waals surface area contributed by atoms with Gasteiger partial charge in [-0.3, -0.25) is 14.7 Å². The molecule has 122 valence electrons. The highest BCUT2D eigenvalue weighted by molar-refractivity contribution is 5.83. The highest BCUT2D eigenvalue weighted by Gasteiger charge is 2.37. The first-order valence-electron chi connectivity index (χ1n) is 8.46. The summed E-state index contributed by atoms with van der Waals surface area (Å²) in [6.07, 6.45) is 3.91. The van der Waals surface area contributed by atoms with Crippen molar-refractivity contribution in [1.82, 2.24) is 15.2 Å². The molecule has 2 heterocycles. The van der Waals surface area contributed by atoms with Crippen LogP contribution < -0.4 is 5.32 Å². The Morgan fingerprint density at radius 3 is 3.00 bits per heavy atom. The lowest BCUT2D eigenvalue weighted by Gasteiger charge is -2.39. The molecule has 4 nitrogen and oxygen atoms in total. The van der Waals surface area contributed by atoms with Crippen molar-refractivity contribution in [2.45, 2.75) is 33.2 Å². The van der Waals surface area contributed by atoms with Crippen molar-refractivity contribution in [3.63, 3.8) is 0 Å². The SMILES string of the molecule is CCNC(=O)C1(C)CCCN(Cc2ccnc3ccccc23)C1. The molecular weight excluding hydrogens is 286 g/mol. The number of fused-ring (bicyclic) bond motifs is 1. The number of aromatic nitrogens is 1. The van der Waals surface area contributed by atoms with Crippen molar-refractivity contribution in [1.29, 1.82) is 0 Å². The van der Waals surface area contributed by atoms with Crippen molar-refractivity contribution in [3.8, 4) is 0 Å². The quantitative estimate of drug-likeness (QED) is 0.944. The minimum atomic E-state index is -0.281. The highest BCUT2D eigenvalue weighted by Crippen LogP contribution is 2.31. The summed E-state index contributed by atoms with van der Waals surface area (Å²) in [5, 5.41) is 4.20. The largest absolute Gasteiger partial charge is 0.356 e. The monoisotopic (exact) mass is 311 g/mol. The van der Waals surface area contributed by atoms with E-state index in [0.29, 0.717) is 6.54 Å². The number of carbonyl (C=O) groups excluding carboxylic acids is 1. The van der Waals surface area contributed by atoms with E-state index >= 15 is 0 Å². The molecule has 4 heteroatoms. The second kappa shape index (κ2) is 6.67. The molecule has 0 saturated carbocycles. The number of likely N-dealkylation sites (tertiary alicyclic amines) is 1. The average molecular weight is 311 g/mol. The number of para-hydroxylation sites is 1. The zero-order valence-electron chi connectivity index (χ0n) is 14.0. The molecular formula is C19H25N3O. The standard InChI is InChI=1S/C19H25N3O/c1-3-20-18(23)19(2)10-6-12-22(14-19)13-15-9-11-21-17-8-5-4-7-16(15)17/h4-5,7-9,11H,3,6,10,12-14H2,1-2H3,(H,20,23). The Kier molecular flexibility index (Phi) is 4.62. The maximum absolute atomic E-state index is 12.4. The van der Waals surface area contributed by atoms with Crippen molar-refractivity contribution < 1.29 is 4.79 Å². The minimum absolute atomic E-state index is 0.185. The Labute approximate surface area is 137 Å². The van der Waals surface area contributed by atoms with E-state index in [1.54, 1.807) is 0 Å². The lowest BCUT2D eigenvalue weighted by molar-refractivity contribution is -0.133. The summed E-state index contributed by atoms with van der Waals surface area (Å²) in [7, 11) is 0. The van der Waals surface area contributed by atoms with Gasteiger partial charge in [0.2, 0.25) is 5.91 Å². The van der Waals surface area contributed by atoms with Gasteiger partial charge in [-0.2, -0.15) is 0 Å². The molecule has 0 bridgehead atoms. The summed E-state index contributed by atoms with van der Waals surface area (Å²) in [6, 6.07) is 10.4. The predicted molar refractivity (Wildman–Crippen MR) is 93.0 cm³/mol. The first kappa shape index (κ1) is 15.9. The number of benzene rings is 1. The lowest BCUT2D eigenvalue weighted by Crippen LogP contribution is -2.50. The third-order valence-corrected chi connectivity index (χ3v) is 4.79. The first-order valence-corrected chi connectivity index (χ1v) is 8.46. The number of nitrogens with zero attached hydrogens (tertiary/aromatic N) is 2. The van der Waals surface area contributed by atoms with Gasteiger partial charge < -0.3 is 5.32 Å². The van der Waals surface area contributed by atoms with Crippen LogP contribution in [0.1, 0.15) is 32.3 Å². The highest BCUT2D eigenvalue weighted by atomic mass is 16.2. The van der Waals surface area contributed by atoms with Crippen molar-refractivity contribution in [2.24, 2.45) is 5.41 Å². The topological polar surface area (TPSA) is 45.2 Å². The van der Waals surface area contributed by atoms with E-state index in [9.17, 15) is 4.79 Å². The molecule has 3 rings (SSSR count). The second-order valence-corrected chi connectivity index (χ2v) is 6.72. The Morgan fingerprint density at radius 1 is 1.35 bits per heavy atom. The van der Waals surface area contributed by atoms with Crippen molar-refractivity contribution in [3.05, 3.63) is 42.1 Å². The van der Waals surface area contributed by atoms with E-state index < -0.39 is 0 Å². The molecule has 1 fully saturated rings. The fourth-order valence-corrected chi connectivity index (χ4v) is 3.57. The zero-order chi connectivity index (χ0) is 16.3. The normalized spacial score (nSPS) is 22.2. The van der Waals surface area contributed by atoms with Gasteiger partial charge in [0.25, 0.3) is 0 Å². The molecule has 1 amide bonds. The number of hydrogen-bond acceptors (Lipinski definition) is 3. The molecule has 1 aliphatic rings. The Morgan fingerprint density at radius 2 is 2.17 bits per heavy atom. The van der Waals surface area contributed by atoms with Crippen LogP contribution in [0.4, 0.5) is 0 Å². The van der Waals surface area contributed by atoms with Crippen LogP contribution in [0.3, 0.4) is 0 Å². The number of amides is 1. The summed E-state index contributed by atoms with van der Waals surface area (Å²) in [5.41, 5.74) is 2.04. The van der Waals surface area contributed by atoms with E-state index in [0.717, 1.165) is 38.0 Å². The number of nitrogens with one attached hydrogen (secondary N) is 1. The first-order chi connectivity index (χ1) is 11.1. The second-order valence-electron chi connectivity index (χ2n) is 6.72. The Bertz CT molecular complexity index is 695. The van der Waals surface area contributed by atoms with E-state index in [2.05, 4.69) is 40.3 Å². The van der Waals surface area contributed by atoms with Gasteiger partial charge in [0.1, 0.15) is 0 Å². The van der Waals surface area contributed by atoms with Crippen LogP contribution in [0, 0.1) is 5.41 Å². The zero-order valence-corrected chi connectivity index (χ0v) is 14.0. The molecule has 1 aliphatic heterocycles. The Balaban J connectivity index is 1.78. The van der Waals surface area contributed by atoms with Crippen LogP contribution in [0.15, 0.2) is 36.5 Å². The summed E-state index contributed by atoms with van der Waals surface area (Å²) in [5.74, 6) is 0.185. The fourth-order valence-electron chi connectivity index (χ4n) is 3.57. The van der Waals surface area contributed by atoms with E-state index in [1.165, 1.54) is 10.9 Å². The van der Waals surface area contributed by atoms with Crippen LogP contribution in [0.2, 0.25) is 0 Å². The van der Waals surface area contributed by atoms with Gasteiger partial charge >= 0.3 is 0 Å².